The standard InChI is InChI=1S/C13H19NO2S/c1-2-16-13(15)11-5-7-14(8-6-11)10-12-4-3-9-17-12/h3-4,9,11H,2,5-8,10H2,1H3/p+1. The highest BCUT2D eigenvalue weighted by Gasteiger charge is 2.28. The molecule has 1 N–H and O–H groups in total. The van der Waals surface area contributed by atoms with Crippen LogP contribution in [-0.2, 0) is 16.1 Å². The molecule has 1 aromatic heterocycles. The third kappa shape index (κ3) is 3.54. The Morgan fingerprint density at radius 3 is 2.88 bits per heavy atom. The van der Waals surface area contributed by atoms with Crippen molar-refractivity contribution in [2.75, 3.05) is 19.7 Å². The van der Waals surface area contributed by atoms with Crippen molar-refractivity contribution in [2.45, 2.75) is 26.3 Å². The van der Waals surface area contributed by atoms with Gasteiger partial charge in [0.25, 0.3) is 0 Å². The number of hydrogen-bond acceptors (Lipinski definition) is 3. The highest BCUT2D eigenvalue weighted by molar-refractivity contribution is 7.09. The van der Waals surface area contributed by atoms with Gasteiger partial charge in [-0.3, -0.25) is 4.79 Å². The van der Waals surface area contributed by atoms with Gasteiger partial charge in [0, 0.05) is 12.8 Å². The minimum Gasteiger partial charge on any atom is -0.466 e. The van der Waals surface area contributed by atoms with E-state index < -0.39 is 0 Å². The van der Waals surface area contributed by atoms with Gasteiger partial charge in [0.2, 0.25) is 0 Å². The van der Waals surface area contributed by atoms with E-state index in [1.807, 2.05) is 18.3 Å². The molecule has 94 valence electrons. The Kier molecular flexibility index (Phi) is 4.57. The molecule has 0 unspecified atom stereocenters. The minimum atomic E-state index is 0.00248. The average molecular weight is 254 g/mol. The molecule has 17 heavy (non-hydrogen) atoms. The first-order chi connectivity index (χ1) is 8.29. The van der Waals surface area contributed by atoms with Crippen molar-refractivity contribution in [3.8, 4) is 0 Å². The molecule has 1 saturated heterocycles. The summed E-state index contributed by atoms with van der Waals surface area (Å²) in [5.41, 5.74) is 0. The van der Waals surface area contributed by atoms with E-state index in [0.717, 1.165) is 32.5 Å². The summed E-state index contributed by atoms with van der Waals surface area (Å²) >= 11 is 1.82. The van der Waals surface area contributed by atoms with E-state index in [1.165, 1.54) is 4.88 Å². The topological polar surface area (TPSA) is 30.7 Å². The van der Waals surface area contributed by atoms with Gasteiger partial charge in [0.05, 0.1) is 30.5 Å². The summed E-state index contributed by atoms with van der Waals surface area (Å²) in [5.74, 6) is 0.143. The second kappa shape index (κ2) is 6.17. The lowest BCUT2D eigenvalue weighted by Crippen LogP contribution is -3.11. The molecule has 3 nitrogen and oxygen atoms in total. The molecule has 0 aromatic carbocycles. The van der Waals surface area contributed by atoms with Crippen molar-refractivity contribution in [3.05, 3.63) is 22.4 Å². The number of carbonyl (C=O) groups excluding carboxylic acids is 1. The van der Waals surface area contributed by atoms with Crippen LogP contribution in [0.3, 0.4) is 0 Å². The number of hydrogen-bond donors (Lipinski definition) is 1. The van der Waals surface area contributed by atoms with Crippen LogP contribution in [0.5, 0.6) is 0 Å². The van der Waals surface area contributed by atoms with E-state index in [4.69, 9.17) is 4.74 Å². The second-order valence-electron chi connectivity index (χ2n) is 4.53. The summed E-state index contributed by atoms with van der Waals surface area (Å²) in [6.07, 6.45) is 1.94. The summed E-state index contributed by atoms with van der Waals surface area (Å²) < 4.78 is 5.08. The fourth-order valence-electron chi connectivity index (χ4n) is 2.36. The first kappa shape index (κ1) is 12.6. The first-order valence-electron chi connectivity index (χ1n) is 6.32. The van der Waals surface area contributed by atoms with Crippen LogP contribution in [0.4, 0.5) is 0 Å². The number of piperidine rings is 1. The third-order valence-corrected chi connectivity index (χ3v) is 4.19. The Morgan fingerprint density at radius 1 is 1.53 bits per heavy atom. The highest BCUT2D eigenvalue weighted by atomic mass is 32.1. The second-order valence-corrected chi connectivity index (χ2v) is 5.56. The molecular formula is C13H20NO2S+. The van der Waals surface area contributed by atoms with Gasteiger partial charge in [0.15, 0.2) is 0 Å². The number of ether oxygens (including phenoxy) is 1. The quantitative estimate of drug-likeness (QED) is 0.816. The normalized spacial score (nSPS) is 24.5. The van der Waals surface area contributed by atoms with Gasteiger partial charge < -0.3 is 9.64 Å². The Labute approximate surface area is 106 Å². The fourth-order valence-corrected chi connectivity index (χ4v) is 3.13. The summed E-state index contributed by atoms with van der Waals surface area (Å²) in [7, 11) is 0. The van der Waals surface area contributed by atoms with Gasteiger partial charge in [-0.2, -0.15) is 0 Å². The maximum atomic E-state index is 11.6. The number of carbonyl (C=O) groups is 1. The average Bonchev–Trinajstić information content (AvgIpc) is 2.83. The van der Waals surface area contributed by atoms with Crippen molar-refractivity contribution in [2.24, 2.45) is 5.92 Å². The Morgan fingerprint density at radius 2 is 2.29 bits per heavy atom. The van der Waals surface area contributed by atoms with Gasteiger partial charge >= 0.3 is 5.97 Å². The molecule has 0 amide bonds. The van der Waals surface area contributed by atoms with Gasteiger partial charge in [-0.05, 0) is 18.4 Å². The van der Waals surface area contributed by atoms with Gasteiger partial charge in [-0.25, -0.2) is 0 Å². The van der Waals surface area contributed by atoms with Crippen molar-refractivity contribution in [3.63, 3.8) is 0 Å². The third-order valence-electron chi connectivity index (χ3n) is 3.32. The SMILES string of the molecule is CCOC(=O)C1CC[NH+](Cc2cccs2)CC1. The van der Waals surface area contributed by atoms with Crippen LogP contribution in [0.2, 0.25) is 0 Å². The molecule has 0 bridgehead atoms. The van der Waals surface area contributed by atoms with E-state index in [0.29, 0.717) is 6.61 Å². The van der Waals surface area contributed by atoms with Crippen LogP contribution in [0.1, 0.15) is 24.6 Å². The molecular weight excluding hydrogens is 234 g/mol. The van der Waals surface area contributed by atoms with Gasteiger partial charge in [-0.1, -0.05) is 6.07 Å². The number of thiophene rings is 1. The van der Waals surface area contributed by atoms with Crippen LogP contribution in [0.15, 0.2) is 17.5 Å². The zero-order chi connectivity index (χ0) is 12.1. The van der Waals surface area contributed by atoms with Crippen molar-refractivity contribution in [1.82, 2.24) is 0 Å². The van der Waals surface area contributed by atoms with E-state index >= 15 is 0 Å². The van der Waals surface area contributed by atoms with Crippen molar-refractivity contribution < 1.29 is 14.4 Å². The summed E-state index contributed by atoms with van der Waals surface area (Å²) in [6.45, 7) is 5.64. The van der Waals surface area contributed by atoms with E-state index in [9.17, 15) is 4.79 Å². The molecule has 2 heterocycles. The zero-order valence-electron chi connectivity index (χ0n) is 10.3. The lowest BCUT2D eigenvalue weighted by Gasteiger charge is -2.27. The number of esters is 1. The Hall–Kier alpha value is -0.870. The molecule has 1 aliphatic rings. The number of nitrogens with one attached hydrogen (secondary N) is 1. The smallest absolute Gasteiger partial charge is 0.309 e. The Bertz CT molecular complexity index is 342. The van der Waals surface area contributed by atoms with E-state index in [2.05, 4.69) is 17.5 Å². The maximum absolute atomic E-state index is 11.6. The summed E-state index contributed by atoms with van der Waals surface area (Å²) in [4.78, 5) is 14.6. The van der Waals surface area contributed by atoms with Crippen LogP contribution < -0.4 is 4.90 Å². The lowest BCUT2D eigenvalue weighted by atomic mass is 9.97. The van der Waals surface area contributed by atoms with Crippen LogP contribution in [-0.4, -0.2) is 25.7 Å². The fraction of sp³-hybridized carbons (Fsp3) is 0.615. The molecule has 0 radical (unpaired) electrons. The van der Waals surface area contributed by atoms with Gasteiger partial charge in [-0.15, -0.1) is 11.3 Å². The van der Waals surface area contributed by atoms with Crippen LogP contribution in [0.25, 0.3) is 0 Å². The van der Waals surface area contributed by atoms with E-state index in [-0.39, 0.29) is 11.9 Å². The number of quaternary nitrogens is 1. The summed E-state index contributed by atoms with van der Waals surface area (Å²) in [5, 5.41) is 2.13. The molecule has 0 aliphatic carbocycles. The molecule has 0 spiro atoms. The first-order valence-corrected chi connectivity index (χ1v) is 7.20. The zero-order valence-corrected chi connectivity index (χ0v) is 11.1. The molecule has 4 heteroatoms. The largest absolute Gasteiger partial charge is 0.466 e. The van der Waals surface area contributed by atoms with Crippen molar-refractivity contribution >= 4 is 17.3 Å². The molecule has 2 rings (SSSR count). The molecule has 1 fully saturated rings. The minimum absolute atomic E-state index is 0.00248. The number of rotatable bonds is 4. The molecule has 0 atom stereocenters. The van der Waals surface area contributed by atoms with E-state index in [1.54, 1.807) is 4.90 Å². The maximum Gasteiger partial charge on any atom is 0.309 e. The number of likely N-dealkylation sites (tertiary alicyclic amines) is 1. The van der Waals surface area contributed by atoms with Crippen LogP contribution >= 0.6 is 11.3 Å². The van der Waals surface area contributed by atoms with Gasteiger partial charge in [0.1, 0.15) is 6.54 Å². The highest BCUT2D eigenvalue weighted by Crippen LogP contribution is 2.12. The predicted molar refractivity (Wildman–Crippen MR) is 68.1 cm³/mol. The van der Waals surface area contributed by atoms with Crippen molar-refractivity contribution in [1.29, 1.82) is 0 Å². The van der Waals surface area contributed by atoms with Crippen LogP contribution in [0, 0.1) is 5.92 Å². The summed E-state index contributed by atoms with van der Waals surface area (Å²) in [6, 6.07) is 4.29. The molecule has 1 aromatic rings. The molecule has 0 saturated carbocycles. The lowest BCUT2D eigenvalue weighted by molar-refractivity contribution is -0.919. The Balaban J connectivity index is 1.76. The predicted octanol–water partition coefficient (Wildman–Crippen LogP) is 1.11. The molecule has 1 aliphatic heterocycles. The monoisotopic (exact) mass is 254 g/mol.